The highest BCUT2D eigenvalue weighted by Crippen LogP contribution is 2.26. The molecule has 166 valence electrons. The van der Waals surface area contributed by atoms with Crippen LogP contribution in [0.25, 0.3) is 0 Å². The van der Waals surface area contributed by atoms with Crippen LogP contribution in [0.5, 0.6) is 0 Å². The molecule has 4 heteroatoms. The third-order valence-corrected chi connectivity index (χ3v) is 7.90. The molecule has 0 spiro atoms. The van der Waals surface area contributed by atoms with Crippen molar-refractivity contribution in [3.8, 4) is 0 Å². The lowest BCUT2D eigenvalue weighted by molar-refractivity contribution is -0.147. The Morgan fingerprint density at radius 3 is 1.75 bits per heavy atom. The maximum absolute atomic E-state index is 12.6. The summed E-state index contributed by atoms with van der Waals surface area (Å²) in [6.45, 7) is 3.74. The number of rotatable bonds is 17. The van der Waals surface area contributed by atoms with Crippen molar-refractivity contribution in [3.63, 3.8) is 0 Å². The number of carbonyl (C=O) groups excluding carboxylic acids is 1. The molecule has 1 rings (SSSR count). The van der Waals surface area contributed by atoms with E-state index in [4.69, 9.17) is 4.74 Å². The monoisotopic (exact) mass is 414 g/mol. The van der Waals surface area contributed by atoms with Crippen LogP contribution >= 0.6 is 0 Å². The first kappa shape index (κ1) is 25.7. The Morgan fingerprint density at radius 1 is 0.786 bits per heavy atom. The summed E-state index contributed by atoms with van der Waals surface area (Å²) in [5.74, 6) is 0.547. The van der Waals surface area contributed by atoms with E-state index >= 15 is 0 Å². The van der Waals surface area contributed by atoms with Crippen LogP contribution in [0.4, 0.5) is 0 Å². The van der Waals surface area contributed by atoms with Crippen molar-refractivity contribution >= 4 is 16.8 Å². The van der Waals surface area contributed by atoms with Crippen molar-refractivity contribution in [2.75, 3.05) is 5.75 Å². The number of esters is 1. The van der Waals surface area contributed by atoms with Gasteiger partial charge in [-0.2, -0.15) is 0 Å². The first-order valence-electron chi connectivity index (χ1n) is 12.2. The van der Waals surface area contributed by atoms with Gasteiger partial charge in [-0.1, -0.05) is 96.8 Å². The molecule has 0 N–H and O–H groups in total. The number of ether oxygens (including phenoxy) is 1. The number of carbonyl (C=O) groups is 1. The van der Waals surface area contributed by atoms with Crippen LogP contribution in [0.2, 0.25) is 0 Å². The molecule has 0 aromatic heterocycles. The summed E-state index contributed by atoms with van der Waals surface area (Å²) < 4.78 is 18.0. The van der Waals surface area contributed by atoms with Crippen molar-refractivity contribution in [2.45, 2.75) is 141 Å². The highest BCUT2D eigenvalue weighted by atomic mass is 32.2. The number of hydrogen-bond donors (Lipinski definition) is 0. The average molecular weight is 415 g/mol. The van der Waals surface area contributed by atoms with Crippen molar-refractivity contribution in [2.24, 2.45) is 0 Å². The quantitative estimate of drug-likeness (QED) is 0.188. The van der Waals surface area contributed by atoms with Crippen molar-refractivity contribution in [3.05, 3.63) is 0 Å². The SMILES string of the molecule is CCCCCCCCCCCCCCCC[S@@](=O)C1CCCCC1OC(C)=O. The summed E-state index contributed by atoms with van der Waals surface area (Å²) >= 11 is 0. The van der Waals surface area contributed by atoms with Gasteiger partial charge in [0.25, 0.3) is 0 Å². The van der Waals surface area contributed by atoms with Crippen molar-refractivity contribution in [1.82, 2.24) is 0 Å². The number of unbranched alkanes of at least 4 members (excludes halogenated alkanes) is 13. The zero-order valence-corrected chi connectivity index (χ0v) is 19.5. The summed E-state index contributed by atoms with van der Waals surface area (Å²) in [7, 11) is -0.846. The average Bonchev–Trinajstić information content (AvgIpc) is 2.68. The Morgan fingerprint density at radius 2 is 1.25 bits per heavy atom. The first-order chi connectivity index (χ1) is 13.6. The maximum atomic E-state index is 12.6. The van der Waals surface area contributed by atoms with Crippen LogP contribution in [0, 0.1) is 0 Å². The molecule has 0 amide bonds. The fourth-order valence-electron chi connectivity index (χ4n) is 4.30. The van der Waals surface area contributed by atoms with Crippen LogP contribution in [0.3, 0.4) is 0 Å². The van der Waals surface area contributed by atoms with Crippen molar-refractivity contribution < 1.29 is 13.7 Å². The minimum atomic E-state index is -0.846. The van der Waals surface area contributed by atoms with E-state index in [2.05, 4.69) is 6.92 Å². The van der Waals surface area contributed by atoms with Gasteiger partial charge >= 0.3 is 5.97 Å². The van der Waals surface area contributed by atoms with E-state index in [9.17, 15) is 9.00 Å². The molecule has 0 aliphatic heterocycles. The molecule has 1 aliphatic rings. The van der Waals surface area contributed by atoms with Gasteiger partial charge in [-0.05, 0) is 25.7 Å². The predicted octanol–water partition coefficient (Wildman–Crippen LogP) is 7.09. The van der Waals surface area contributed by atoms with E-state index < -0.39 is 10.8 Å². The summed E-state index contributed by atoms with van der Waals surface area (Å²) in [5, 5.41) is 0.0691. The Kier molecular flexibility index (Phi) is 16.0. The molecule has 1 fully saturated rings. The topological polar surface area (TPSA) is 43.4 Å². The molecule has 3 nitrogen and oxygen atoms in total. The van der Waals surface area contributed by atoms with Gasteiger partial charge in [0, 0.05) is 23.5 Å². The molecule has 0 radical (unpaired) electrons. The standard InChI is InChI=1S/C24H46O3S/c1-3-4-5-6-7-8-9-10-11-12-13-14-15-18-21-28(26)24-20-17-16-19-23(24)27-22(2)25/h23-24H,3-21H2,1-2H3/t23?,24?,28-/m1/s1. The zero-order valence-electron chi connectivity index (χ0n) is 18.7. The van der Waals surface area contributed by atoms with Gasteiger partial charge in [0.15, 0.2) is 0 Å². The zero-order chi connectivity index (χ0) is 20.5. The minimum absolute atomic E-state index is 0.0691. The minimum Gasteiger partial charge on any atom is -0.461 e. The van der Waals surface area contributed by atoms with Gasteiger partial charge in [0.05, 0.1) is 5.25 Å². The molecule has 1 saturated carbocycles. The second-order valence-electron chi connectivity index (χ2n) is 8.65. The van der Waals surface area contributed by atoms with Crippen LogP contribution < -0.4 is 0 Å². The van der Waals surface area contributed by atoms with Gasteiger partial charge in [-0.3, -0.25) is 9.00 Å². The smallest absolute Gasteiger partial charge is 0.302 e. The van der Waals surface area contributed by atoms with Gasteiger partial charge < -0.3 is 4.74 Å². The molecule has 0 heterocycles. The molecule has 3 atom stereocenters. The third kappa shape index (κ3) is 13.0. The van der Waals surface area contributed by atoms with Gasteiger partial charge in [-0.15, -0.1) is 0 Å². The highest BCUT2D eigenvalue weighted by molar-refractivity contribution is 7.85. The lowest BCUT2D eigenvalue weighted by Gasteiger charge is -2.30. The Labute approximate surface area is 177 Å². The maximum Gasteiger partial charge on any atom is 0.302 e. The molecule has 0 saturated heterocycles. The Hall–Kier alpha value is -0.380. The first-order valence-corrected chi connectivity index (χ1v) is 13.6. The molecule has 0 aromatic carbocycles. The number of hydrogen-bond acceptors (Lipinski definition) is 3. The molecule has 2 unspecified atom stereocenters. The van der Waals surface area contributed by atoms with Gasteiger partial charge in [0.2, 0.25) is 0 Å². The second-order valence-corrected chi connectivity index (χ2v) is 10.4. The van der Waals surface area contributed by atoms with Crippen LogP contribution in [-0.2, 0) is 20.3 Å². The van der Waals surface area contributed by atoms with E-state index in [0.717, 1.165) is 37.9 Å². The molecule has 0 aromatic rings. The van der Waals surface area contributed by atoms with Crippen LogP contribution in [0.1, 0.15) is 129 Å². The normalized spacial score (nSPS) is 20.8. The highest BCUT2D eigenvalue weighted by Gasteiger charge is 2.31. The lowest BCUT2D eigenvalue weighted by Crippen LogP contribution is -2.37. The fraction of sp³-hybridized carbons (Fsp3) is 0.958. The summed E-state index contributed by atoms with van der Waals surface area (Å²) in [5.41, 5.74) is 0. The van der Waals surface area contributed by atoms with Gasteiger partial charge in [-0.25, -0.2) is 0 Å². The molecule has 1 aliphatic carbocycles. The van der Waals surface area contributed by atoms with Crippen LogP contribution in [-0.4, -0.2) is 27.3 Å². The molecule has 0 bridgehead atoms. The van der Waals surface area contributed by atoms with Crippen molar-refractivity contribution in [1.29, 1.82) is 0 Å². The fourth-order valence-corrected chi connectivity index (χ4v) is 6.05. The van der Waals surface area contributed by atoms with E-state index in [0.29, 0.717) is 0 Å². The van der Waals surface area contributed by atoms with E-state index in [1.54, 1.807) is 0 Å². The molecular weight excluding hydrogens is 368 g/mol. The van der Waals surface area contributed by atoms with E-state index in [1.807, 2.05) is 0 Å². The summed E-state index contributed by atoms with van der Waals surface area (Å²) in [6.07, 6.45) is 22.7. The van der Waals surface area contributed by atoms with E-state index in [-0.39, 0.29) is 17.3 Å². The lowest BCUT2D eigenvalue weighted by atomic mass is 9.97. The second kappa shape index (κ2) is 17.5. The summed E-state index contributed by atoms with van der Waals surface area (Å²) in [6, 6.07) is 0. The predicted molar refractivity (Wildman–Crippen MR) is 121 cm³/mol. The summed E-state index contributed by atoms with van der Waals surface area (Å²) in [4.78, 5) is 11.3. The Bertz CT molecular complexity index is 411. The molecular formula is C24H46O3S. The van der Waals surface area contributed by atoms with Gasteiger partial charge in [0.1, 0.15) is 6.10 Å². The van der Waals surface area contributed by atoms with Crippen LogP contribution in [0.15, 0.2) is 0 Å². The third-order valence-electron chi connectivity index (χ3n) is 6.00. The van der Waals surface area contributed by atoms with E-state index in [1.165, 1.54) is 90.4 Å². The largest absolute Gasteiger partial charge is 0.461 e. The molecule has 28 heavy (non-hydrogen) atoms. The Balaban J connectivity index is 1.93.